The zero-order valence-electron chi connectivity index (χ0n) is 11.9. The summed E-state index contributed by atoms with van der Waals surface area (Å²) in [4.78, 5) is 12.1. The van der Waals surface area contributed by atoms with Crippen LogP contribution in [0.25, 0.3) is 0 Å². The molecule has 1 atom stereocenters. The number of rotatable bonds is 2. The van der Waals surface area contributed by atoms with Gasteiger partial charge < -0.3 is 5.32 Å². The fourth-order valence-electron chi connectivity index (χ4n) is 2.71. The highest BCUT2D eigenvalue weighted by Gasteiger charge is 2.35. The highest BCUT2D eigenvalue weighted by molar-refractivity contribution is 9.10. The first kappa shape index (κ1) is 16.3. The molecular formula is C15H17BrF3NO. The maximum atomic E-state index is 12.8. The van der Waals surface area contributed by atoms with Crippen LogP contribution in [0.3, 0.4) is 0 Å². The molecule has 1 unspecified atom stereocenters. The van der Waals surface area contributed by atoms with E-state index in [9.17, 15) is 18.0 Å². The van der Waals surface area contributed by atoms with Crippen LogP contribution in [0.4, 0.5) is 13.2 Å². The highest BCUT2D eigenvalue weighted by atomic mass is 79.9. The Bertz CT molecular complexity index is 554. The van der Waals surface area contributed by atoms with Crippen LogP contribution in [0.2, 0.25) is 0 Å². The number of amides is 1. The van der Waals surface area contributed by atoms with E-state index in [2.05, 4.69) is 35.1 Å². The van der Waals surface area contributed by atoms with Gasteiger partial charge in [-0.3, -0.25) is 4.79 Å². The maximum Gasteiger partial charge on any atom is 0.417 e. The summed E-state index contributed by atoms with van der Waals surface area (Å²) in [5, 5.41) is 2.83. The van der Waals surface area contributed by atoms with Crippen molar-refractivity contribution in [2.75, 3.05) is 0 Å². The number of benzene rings is 1. The molecule has 0 spiro atoms. The standard InChI is InChI=1S/C15H17BrF3NO/c1-14(2)6-5-10(8-14)20-13(21)9-3-4-12(16)11(7-9)15(17,18)19/h3-4,7,10H,5-6,8H2,1-2H3,(H,20,21). The molecule has 1 saturated carbocycles. The van der Waals surface area contributed by atoms with E-state index >= 15 is 0 Å². The lowest BCUT2D eigenvalue weighted by Crippen LogP contribution is -2.33. The van der Waals surface area contributed by atoms with Crippen molar-refractivity contribution in [3.8, 4) is 0 Å². The first-order valence-corrected chi connectivity index (χ1v) is 7.55. The van der Waals surface area contributed by atoms with Crippen LogP contribution in [0.1, 0.15) is 49.0 Å². The molecule has 0 aliphatic heterocycles. The van der Waals surface area contributed by atoms with Gasteiger partial charge in [-0.1, -0.05) is 29.8 Å². The predicted octanol–water partition coefficient (Wildman–Crippen LogP) is 4.78. The van der Waals surface area contributed by atoms with Gasteiger partial charge in [0.15, 0.2) is 0 Å². The molecule has 0 saturated heterocycles. The Hall–Kier alpha value is -1.04. The second kappa shape index (κ2) is 5.63. The van der Waals surface area contributed by atoms with E-state index in [0.717, 1.165) is 25.3 Å². The fraction of sp³-hybridized carbons (Fsp3) is 0.533. The Morgan fingerprint density at radius 1 is 1.38 bits per heavy atom. The molecule has 1 aliphatic rings. The molecule has 1 aromatic rings. The van der Waals surface area contributed by atoms with Gasteiger partial charge in [0.2, 0.25) is 0 Å². The van der Waals surface area contributed by atoms with Gasteiger partial charge >= 0.3 is 6.18 Å². The van der Waals surface area contributed by atoms with Crippen LogP contribution in [0, 0.1) is 5.41 Å². The van der Waals surface area contributed by atoms with Crippen molar-refractivity contribution in [2.24, 2.45) is 5.41 Å². The number of carbonyl (C=O) groups excluding carboxylic acids is 1. The zero-order valence-corrected chi connectivity index (χ0v) is 13.4. The Morgan fingerprint density at radius 3 is 2.57 bits per heavy atom. The molecule has 1 N–H and O–H groups in total. The molecule has 0 heterocycles. The number of nitrogens with one attached hydrogen (secondary N) is 1. The average Bonchev–Trinajstić information content (AvgIpc) is 2.67. The molecule has 2 nitrogen and oxygen atoms in total. The van der Waals surface area contributed by atoms with E-state index in [1.54, 1.807) is 0 Å². The quantitative estimate of drug-likeness (QED) is 0.804. The van der Waals surface area contributed by atoms with Gasteiger partial charge in [-0.2, -0.15) is 13.2 Å². The number of hydrogen-bond acceptors (Lipinski definition) is 1. The van der Waals surface area contributed by atoms with Gasteiger partial charge in [0.05, 0.1) is 5.56 Å². The number of hydrogen-bond donors (Lipinski definition) is 1. The molecule has 0 radical (unpaired) electrons. The summed E-state index contributed by atoms with van der Waals surface area (Å²) in [5.41, 5.74) is -0.619. The first-order chi connectivity index (χ1) is 9.58. The van der Waals surface area contributed by atoms with E-state index in [-0.39, 0.29) is 21.5 Å². The molecule has 1 aliphatic carbocycles. The zero-order chi connectivity index (χ0) is 15.8. The molecule has 1 aromatic carbocycles. The first-order valence-electron chi connectivity index (χ1n) is 6.76. The van der Waals surface area contributed by atoms with Gasteiger partial charge in [0.1, 0.15) is 0 Å². The Balaban J connectivity index is 2.13. The normalized spacial score (nSPS) is 21.3. The molecule has 21 heavy (non-hydrogen) atoms. The topological polar surface area (TPSA) is 29.1 Å². The molecule has 0 aromatic heterocycles. The minimum absolute atomic E-state index is 0.0329. The third-order valence-electron chi connectivity index (χ3n) is 3.84. The van der Waals surface area contributed by atoms with Gasteiger partial charge in [0, 0.05) is 16.1 Å². The molecule has 116 valence electrons. The van der Waals surface area contributed by atoms with Gasteiger partial charge in [-0.05, 0) is 42.9 Å². The second-order valence-corrected chi connectivity index (χ2v) is 7.12. The summed E-state index contributed by atoms with van der Waals surface area (Å²) in [6.45, 7) is 4.25. The lowest BCUT2D eigenvalue weighted by molar-refractivity contribution is -0.138. The molecule has 0 bridgehead atoms. The van der Waals surface area contributed by atoms with Crippen LogP contribution in [0.15, 0.2) is 22.7 Å². The molecule has 6 heteroatoms. The fourth-order valence-corrected chi connectivity index (χ4v) is 3.18. The van der Waals surface area contributed by atoms with Crippen molar-refractivity contribution in [3.63, 3.8) is 0 Å². The van der Waals surface area contributed by atoms with Crippen molar-refractivity contribution in [3.05, 3.63) is 33.8 Å². The lowest BCUT2D eigenvalue weighted by Gasteiger charge is -2.18. The Kier molecular flexibility index (Phi) is 4.38. The summed E-state index contributed by atoms with van der Waals surface area (Å²) in [6, 6.07) is 3.58. The summed E-state index contributed by atoms with van der Waals surface area (Å²) in [6.07, 6.45) is -1.76. The number of alkyl halides is 3. The lowest BCUT2D eigenvalue weighted by atomic mass is 9.92. The van der Waals surface area contributed by atoms with Crippen molar-refractivity contribution >= 4 is 21.8 Å². The largest absolute Gasteiger partial charge is 0.417 e. The summed E-state index contributed by atoms with van der Waals surface area (Å²) >= 11 is 2.87. The van der Waals surface area contributed by atoms with E-state index in [1.165, 1.54) is 12.1 Å². The summed E-state index contributed by atoms with van der Waals surface area (Å²) in [7, 11) is 0. The van der Waals surface area contributed by atoms with E-state index < -0.39 is 17.6 Å². The Labute approximate surface area is 130 Å². The van der Waals surface area contributed by atoms with E-state index in [4.69, 9.17) is 0 Å². The number of halogens is 4. The molecular weight excluding hydrogens is 347 g/mol. The van der Waals surface area contributed by atoms with Crippen LogP contribution >= 0.6 is 15.9 Å². The van der Waals surface area contributed by atoms with Crippen LogP contribution < -0.4 is 5.32 Å². The van der Waals surface area contributed by atoms with Crippen molar-refractivity contribution in [2.45, 2.75) is 45.3 Å². The SMILES string of the molecule is CC1(C)CCC(NC(=O)c2ccc(Br)c(C(F)(F)F)c2)C1. The monoisotopic (exact) mass is 363 g/mol. The minimum Gasteiger partial charge on any atom is -0.349 e. The van der Waals surface area contributed by atoms with Gasteiger partial charge in [-0.25, -0.2) is 0 Å². The van der Waals surface area contributed by atoms with Crippen molar-refractivity contribution in [1.82, 2.24) is 5.32 Å². The predicted molar refractivity (Wildman–Crippen MR) is 78.0 cm³/mol. The van der Waals surface area contributed by atoms with Crippen LogP contribution in [-0.4, -0.2) is 11.9 Å². The van der Waals surface area contributed by atoms with Gasteiger partial charge in [-0.15, -0.1) is 0 Å². The van der Waals surface area contributed by atoms with Crippen molar-refractivity contribution in [1.29, 1.82) is 0 Å². The third kappa shape index (κ3) is 3.99. The maximum absolute atomic E-state index is 12.8. The van der Waals surface area contributed by atoms with Crippen molar-refractivity contribution < 1.29 is 18.0 Å². The molecule has 2 rings (SSSR count). The van der Waals surface area contributed by atoms with Crippen LogP contribution in [-0.2, 0) is 6.18 Å². The molecule has 1 amide bonds. The average molecular weight is 364 g/mol. The minimum atomic E-state index is -4.48. The van der Waals surface area contributed by atoms with Crippen LogP contribution in [0.5, 0.6) is 0 Å². The summed E-state index contributed by atoms with van der Waals surface area (Å²) < 4.78 is 38.4. The van der Waals surface area contributed by atoms with E-state index in [0.29, 0.717) is 0 Å². The summed E-state index contributed by atoms with van der Waals surface area (Å²) in [5.74, 6) is -0.448. The third-order valence-corrected chi connectivity index (χ3v) is 4.53. The highest BCUT2D eigenvalue weighted by Crippen LogP contribution is 2.37. The second-order valence-electron chi connectivity index (χ2n) is 6.27. The molecule has 1 fully saturated rings. The number of carbonyl (C=O) groups is 1. The van der Waals surface area contributed by atoms with Gasteiger partial charge in [0.25, 0.3) is 5.91 Å². The van der Waals surface area contributed by atoms with E-state index in [1.807, 2.05) is 0 Å². The smallest absolute Gasteiger partial charge is 0.349 e. The Morgan fingerprint density at radius 2 is 2.05 bits per heavy atom.